The Bertz CT molecular complexity index is 1510. The SMILES string of the molecule is COc1cc2c(=O)c3c4ccc(C#N)cc4[nH]c3n(C(C)C)c2c(F)c1N1CCNC(C)C1. The zero-order valence-corrected chi connectivity index (χ0v) is 19.1. The number of methoxy groups -OCH3 is 1. The summed E-state index contributed by atoms with van der Waals surface area (Å²) in [6.45, 7) is 8.00. The van der Waals surface area contributed by atoms with E-state index < -0.39 is 5.82 Å². The number of halogens is 1. The number of pyridine rings is 1. The van der Waals surface area contributed by atoms with Gasteiger partial charge in [0.2, 0.25) is 0 Å². The van der Waals surface area contributed by atoms with Gasteiger partial charge in [0.05, 0.1) is 35.0 Å². The predicted molar refractivity (Wildman–Crippen MR) is 129 cm³/mol. The highest BCUT2D eigenvalue weighted by Crippen LogP contribution is 2.39. The Kier molecular flexibility index (Phi) is 5.02. The number of benzene rings is 2. The Morgan fingerprint density at radius 3 is 2.73 bits per heavy atom. The van der Waals surface area contributed by atoms with Gasteiger partial charge in [-0.3, -0.25) is 4.79 Å². The number of nitrogens with one attached hydrogen (secondary N) is 2. The molecule has 4 aromatic rings. The zero-order chi connectivity index (χ0) is 23.4. The standard InChI is InChI=1S/C25H26FN5O2/c1-13(2)31-22-17(10-19(33-4)23(21(22)26)30-8-7-28-14(3)12-30)24(32)20-16-6-5-15(11-27)9-18(16)29-25(20)31/h5-6,9-10,13-14,28-29H,7-8,12H2,1-4H3. The van der Waals surface area contributed by atoms with Crippen LogP contribution < -0.4 is 20.4 Å². The van der Waals surface area contributed by atoms with Gasteiger partial charge in [0.1, 0.15) is 17.1 Å². The largest absolute Gasteiger partial charge is 0.494 e. The summed E-state index contributed by atoms with van der Waals surface area (Å²) >= 11 is 0. The number of hydrogen-bond acceptors (Lipinski definition) is 5. The van der Waals surface area contributed by atoms with Crippen LogP contribution >= 0.6 is 0 Å². The van der Waals surface area contributed by atoms with Crippen LogP contribution in [0.2, 0.25) is 0 Å². The average Bonchev–Trinajstić information content (AvgIpc) is 3.17. The van der Waals surface area contributed by atoms with E-state index in [-0.39, 0.29) is 28.4 Å². The number of piperazine rings is 1. The summed E-state index contributed by atoms with van der Waals surface area (Å²) in [5.41, 5.74) is 2.10. The minimum Gasteiger partial charge on any atom is -0.494 e. The topological polar surface area (TPSA) is 86.1 Å². The molecule has 2 N–H and O–H groups in total. The van der Waals surface area contributed by atoms with Gasteiger partial charge >= 0.3 is 0 Å². The molecule has 0 spiro atoms. The quantitative estimate of drug-likeness (QED) is 0.495. The first-order chi connectivity index (χ1) is 15.8. The lowest BCUT2D eigenvalue weighted by molar-refractivity contribution is 0.406. The summed E-state index contributed by atoms with van der Waals surface area (Å²) in [6, 6.07) is 9.05. The minimum absolute atomic E-state index is 0.128. The molecule has 1 aliphatic rings. The molecule has 3 heterocycles. The fourth-order valence-corrected chi connectivity index (χ4v) is 5.03. The highest BCUT2D eigenvalue weighted by Gasteiger charge is 2.28. The molecule has 0 saturated carbocycles. The van der Waals surface area contributed by atoms with Gasteiger partial charge in [-0.15, -0.1) is 0 Å². The maximum absolute atomic E-state index is 16.4. The van der Waals surface area contributed by atoms with Crippen LogP contribution in [0.25, 0.3) is 32.8 Å². The van der Waals surface area contributed by atoms with E-state index in [0.717, 1.165) is 6.54 Å². The number of aromatic amines is 1. The number of nitriles is 1. The Labute approximate surface area is 190 Å². The van der Waals surface area contributed by atoms with Gasteiger partial charge in [0.15, 0.2) is 11.2 Å². The lowest BCUT2D eigenvalue weighted by Crippen LogP contribution is -2.49. The van der Waals surface area contributed by atoms with Crippen LogP contribution in [0.5, 0.6) is 5.75 Å². The van der Waals surface area contributed by atoms with Gasteiger partial charge in [0.25, 0.3) is 0 Å². The summed E-state index contributed by atoms with van der Waals surface area (Å²) in [7, 11) is 1.50. The van der Waals surface area contributed by atoms with Crippen LogP contribution in [0.1, 0.15) is 32.4 Å². The van der Waals surface area contributed by atoms with Crippen molar-refractivity contribution >= 4 is 38.5 Å². The lowest BCUT2D eigenvalue weighted by Gasteiger charge is -2.35. The Hall–Kier alpha value is -3.57. The second-order valence-corrected chi connectivity index (χ2v) is 8.95. The number of anilines is 1. The van der Waals surface area contributed by atoms with Gasteiger partial charge in [0, 0.05) is 42.6 Å². The molecule has 0 radical (unpaired) electrons. The molecule has 8 heteroatoms. The van der Waals surface area contributed by atoms with Crippen LogP contribution in [0.3, 0.4) is 0 Å². The van der Waals surface area contributed by atoms with Crippen molar-refractivity contribution in [2.24, 2.45) is 0 Å². The molecule has 1 saturated heterocycles. The van der Waals surface area contributed by atoms with Crippen LogP contribution in [0.15, 0.2) is 29.1 Å². The first kappa shape index (κ1) is 21.3. The molecular formula is C25H26FN5O2. The maximum Gasteiger partial charge on any atom is 0.199 e. The summed E-state index contributed by atoms with van der Waals surface area (Å²) in [6.07, 6.45) is 0. The van der Waals surface area contributed by atoms with Gasteiger partial charge in [-0.05, 0) is 39.0 Å². The number of fused-ring (bicyclic) bond motifs is 4. The van der Waals surface area contributed by atoms with E-state index in [1.54, 1.807) is 24.3 Å². The highest BCUT2D eigenvalue weighted by molar-refractivity contribution is 6.10. The summed E-state index contributed by atoms with van der Waals surface area (Å²) in [4.78, 5) is 19.0. The van der Waals surface area contributed by atoms with Crippen molar-refractivity contribution in [2.75, 3.05) is 31.6 Å². The molecule has 2 aromatic carbocycles. The number of hydrogen-bond donors (Lipinski definition) is 2. The molecule has 1 aliphatic heterocycles. The maximum atomic E-state index is 16.4. The van der Waals surface area contributed by atoms with Crippen molar-refractivity contribution < 1.29 is 9.13 Å². The zero-order valence-electron chi connectivity index (χ0n) is 19.1. The lowest BCUT2D eigenvalue weighted by atomic mass is 10.1. The number of H-pyrrole nitrogens is 1. The van der Waals surface area contributed by atoms with Crippen LogP contribution in [0, 0.1) is 17.1 Å². The van der Waals surface area contributed by atoms with Crippen LogP contribution in [-0.2, 0) is 0 Å². The van der Waals surface area contributed by atoms with E-state index in [0.29, 0.717) is 52.0 Å². The Balaban J connectivity index is 1.94. The third kappa shape index (κ3) is 3.15. The Morgan fingerprint density at radius 2 is 2.06 bits per heavy atom. The van der Waals surface area contributed by atoms with Crippen molar-refractivity contribution in [3.8, 4) is 11.8 Å². The van der Waals surface area contributed by atoms with Crippen LogP contribution in [0.4, 0.5) is 10.1 Å². The van der Waals surface area contributed by atoms with Gasteiger partial charge in [-0.1, -0.05) is 6.07 Å². The molecule has 2 aromatic heterocycles. The second-order valence-electron chi connectivity index (χ2n) is 8.95. The third-order valence-electron chi connectivity index (χ3n) is 6.46. The second kappa shape index (κ2) is 7.78. The highest BCUT2D eigenvalue weighted by atomic mass is 19.1. The van der Waals surface area contributed by atoms with Crippen molar-refractivity contribution in [3.05, 3.63) is 45.9 Å². The normalized spacial score (nSPS) is 16.8. The summed E-state index contributed by atoms with van der Waals surface area (Å²) in [5.74, 6) is -0.102. The molecule has 33 heavy (non-hydrogen) atoms. The Morgan fingerprint density at radius 1 is 1.27 bits per heavy atom. The molecular weight excluding hydrogens is 421 g/mol. The monoisotopic (exact) mass is 447 g/mol. The van der Waals surface area contributed by atoms with E-state index in [4.69, 9.17) is 4.74 Å². The van der Waals surface area contributed by atoms with Crippen LogP contribution in [-0.4, -0.2) is 42.3 Å². The van der Waals surface area contributed by atoms with Crippen molar-refractivity contribution in [2.45, 2.75) is 32.9 Å². The fourth-order valence-electron chi connectivity index (χ4n) is 5.03. The summed E-state index contributed by atoms with van der Waals surface area (Å²) in [5, 5.41) is 14.1. The van der Waals surface area contributed by atoms with Crippen molar-refractivity contribution in [1.29, 1.82) is 5.26 Å². The molecule has 7 nitrogen and oxygen atoms in total. The molecule has 0 bridgehead atoms. The number of ether oxygens (including phenoxy) is 1. The van der Waals surface area contributed by atoms with Gasteiger partial charge in [-0.25, -0.2) is 4.39 Å². The van der Waals surface area contributed by atoms with Gasteiger partial charge < -0.3 is 24.5 Å². The molecule has 0 aliphatic carbocycles. The smallest absolute Gasteiger partial charge is 0.199 e. The molecule has 1 atom stereocenters. The number of nitrogens with zero attached hydrogens (tertiary/aromatic N) is 3. The van der Waals surface area contributed by atoms with E-state index in [2.05, 4.69) is 23.3 Å². The number of rotatable bonds is 3. The first-order valence-electron chi connectivity index (χ1n) is 11.1. The van der Waals surface area contributed by atoms with E-state index in [9.17, 15) is 10.1 Å². The fraction of sp³-hybridized carbons (Fsp3) is 0.360. The summed E-state index contributed by atoms with van der Waals surface area (Å²) < 4.78 is 23.8. The van der Waals surface area contributed by atoms with Crippen molar-refractivity contribution in [1.82, 2.24) is 14.9 Å². The predicted octanol–water partition coefficient (Wildman–Crippen LogP) is 4.03. The molecule has 5 rings (SSSR count). The third-order valence-corrected chi connectivity index (χ3v) is 6.46. The molecule has 1 unspecified atom stereocenters. The van der Waals surface area contributed by atoms with E-state index >= 15 is 4.39 Å². The average molecular weight is 448 g/mol. The molecule has 0 amide bonds. The number of aromatic nitrogens is 2. The first-order valence-corrected chi connectivity index (χ1v) is 11.1. The molecule has 1 fully saturated rings. The van der Waals surface area contributed by atoms with E-state index in [1.165, 1.54) is 7.11 Å². The minimum atomic E-state index is -0.456. The van der Waals surface area contributed by atoms with Gasteiger partial charge in [-0.2, -0.15) is 5.26 Å². The van der Waals surface area contributed by atoms with Crippen molar-refractivity contribution in [3.63, 3.8) is 0 Å². The molecule has 170 valence electrons. The van der Waals surface area contributed by atoms with E-state index in [1.807, 2.05) is 23.3 Å².